The highest BCUT2D eigenvalue weighted by atomic mass is 16.2. The van der Waals surface area contributed by atoms with E-state index in [1.54, 1.807) is 6.20 Å². The Balaban J connectivity index is 1.41. The van der Waals surface area contributed by atoms with E-state index in [0.717, 1.165) is 69.3 Å². The number of likely N-dealkylation sites (tertiary alicyclic amines) is 1. The zero-order valence-corrected chi connectivity index (χ0v) is 17.1. The predicted octanol–water partition coefficient (Wildman–Crippen LogP) is 3.60. The van der Waals surface area contributed by atoms with Crippen LogP contribution in [-0.2, 0) is 16.0 Å². The van der Waals surface area contributed by atoms with Gasteiger partial charge in [0.05, 0.1) is 0 Å². The molecule has 0 bridgehead atoms. The van der Waals surface area contributed by atoms with Crippen LogP contribution in [0.1, 0.15) is 57.1 Å². The summed E-state index contributed by atoms with van der Waals surface area (Å²) in [5.41, 5.74) is 2.03. The molecule has 0 N–H and O–H groups in total. The summed E-state index contributed by atoms with van der Waals surface area (Å²) in [7, 11) is 1.87. The average molecular weight is 384 g/mol. The molecule has 1 saturated heterocycles. The van der Waals surface area contributed by atoms with Gasteiger partial charge in [-0.1, -0.05) is 12.1 Å². The molecule has 1 aliphatic heterocycles. The first-order valence-corrected chi connectivity index (χ1v) is 10.8. The normalized spacial score (nSPS) is 19.8. The van der Waals surface area contributed by atoms with Crippen molar-refractivity contribution < 1.29 is 9.59 Å². The zero-order chi connectivity index (χ0) is 19.8. The fourth-order valence-electron chi connectivity index (χ4n) is 4.19. The molecule has 0 saturated carbocycles. The van der Waals surface area contributed by atoms with Gasteiger partial charge >= 0.3 is 0 Å². The number of hydrogen-bond donors (Lipinski definition) is 0. The maximum absolute atomic E-state index is 12.7. The number of pyridine rings is 1. The summed E-state index contributed by atoms with van der Waals surface area (Å²) in [4.78, 5) is 33.4. The van der Waals surface area contributed by atoms with E-state index in [-0.39, 0.29) is 11.8 Å². The maximum atomic E-state index is 12.7. The average Bonchev–Trinajstić information content (AvgIpc) is 2.76. The van der Waals surface area contributed by atoms with Crippen molar-refractivity contribution in [3.63, 3.8) is 0 Å². The first-order valence-electron chi connectivity index (χ1n) is 10.8. The molecule has 1 aromatic heterocycles. The van der Waals surface area contributed by atoms with E-state index in [9.17, 15) is 9.59 Å². The molecule has 5 heteroatoms. The van der Waals surface area contributed by atoms with Crippen LogP contribution in [-0.4, -0.2) is 53.3 Å². The molecule has 1 aromatic rings. The molecule has 2 aliphatic rings. The maximum Gasteiger partial charge on any atom is 0.249 e. The summed E-state index contributed by atoms with van der Waals surface area (Å²) in [6.07, 6.45) is 12.6. The van der Waals surface area contributed by atoms with Gasteiger partial charge in [0.25, 0.3) is 0 Å². The fourth-order valence-corrected chi connectivity index (χ4v) is 4.19. The summed E-state index contributed by atoms with van der Waals surface area (Å²) in [5, 5.41) is 0. The molecular weight excluding hydrogens is 350 g/mol. The predicted molar refractivity (Wildman–Crippen MR) is 111 cm³/mol. The molecule has 1 fully saturated rings. The summed E-state index contributed by atoms with van der Waals surface area (Å²) < 4.78 is 0. The van der Waals surface area contributed by atoms with Crippen LogP contribution < -0.4 is 0 Å². The van der Waals surface area contributed by atoms with Crippen LogP contribution in [0.15, 0.2) is 36.0 Å². The van der Waals surface area contributed by atoms with E-state index in [1.165, 1.54) is 6.42 Å². The van der Waals surface area contributed by atoms with Crippen LogP contribution in [0.4, 0.5) is 0 Å². The highest BCUT2D eigenvalue weighted by molar-refractivity contribution is 5.93. The Bertz CT molecular complexity index is 686. The number of piperidine rings is 1. The number of allylic oxidation sites excluding steroid dienone is 1. The second-order valence-corrected chi connectivity index (χ2v) is 8.16. The van der Waals surface area contributed by atoms with Gasteiger partial charge in [-0.3, -0.25) is 14.6 Å². The Hall–Kier alpha value is -2.17. The third-order valence-electron chi connectivity index (χ3n) is 5.99. The van der Waals surface area contributed by atoms with Gasteiger partial charge in [-0.15, -0.1) is 0 Å². The van der Waals surface area contributed by atoms with Gasteiger partial charge in [0.1, 0.15) is 0 Å². The Morgan fingerprint density at radius 2 is 2.14 bits per heavy atom. The van der Waals surface area contributed by atoms with E-state index >= 15 is 0 Å². The lowest BCUT2D eigenvalue weighted by Crippen LogP contribution is -2.41. The van der Waals surface area contributed by atoms with Crippen molar-refractivity contribution in [3.8, 4) is 0 Å². The molecule has 1 atom stereocenters. The number of aromatic nitrogens is 1. The first kappa shape index (κ1) is 20.6. The highest BCUT2D eigenvalue weighted by Crippen LogP contribution is 2.25. The standard InChI is InChI=1S/C23H33N3O2/c1-25(17-14-21-11-5-6-15-24-21)22(27)13-12-19-8-7-16-26(18-19)23(28)20-9-3-2-4-10-20/h5-6,9,11,15,19H,2-4,7-8,10,12-14,16-18H2,1H3/t19-/m0/s1. The zero-order valence-electron chi connectivity index (χ0n) is 17.1. The van der Waals surface area contributed by atoms with E-state index in [0.29, 0.717) is 18.9 Å². The molecule has 0 unspecified atom stereocenters. The summed E-state index contributed by atoms with van der Waals surface area (Å²) in [5.74, 6) is 0.868. The number of carbonyl (C=O) groups excluding carboxylic acids is 2. The van der Waals surface area contributed by atoms with Crippen molar-refractivity contribution in [3.05, 3.63) is 41.7 Å². The van der Waals surface area contributed by atoms with Crippen molar-refractivity contribution in [1.82, 2.24) is 14.8 Å². The van der Waals surface area contributed by atoms with Crippen molar-refractivity contribution in [2.75, 3.05) is 26.7 Å². The Morgan fingerprint density at radius 1 is 1.25 bits per heavy atom. The van der Waals surface area contributed by atoms with Crippen LogP contribution in [0, 0.1) is 5.92 Å². The van der Waals surface area contributed by atoms with Gasteiger partial charge in [-0.25, -0.2) is 0 Å². The number of rotatable bonds is 7. The summed E-state index contributed by atoms with van der Waals surface area (Å²) in [6, 6.07) is 5.87. The van der Waals surface area contributed by atoms with Gasteiger partial charge in [-0.05, 0) is 63.0 Å². The van der Waals surface area contributed by atoms with Crippen molar-refractivity contribution >= 4 is 11.8 Å². The molecule has 5 nitrogen and oxygen atoms in total. The molecular formula is C23H33N3O2. The number of nitrogens with zero attached hydrogens (tertiary/aromatic N) is 3. The topological polar surface area (TPSA) is 53.5 Å². The fraction of sp³-hybridized carbons (Fsp3) is 0.609. The number of carbonyl (C=O) groups is 2. The summed E-state index contributed by atoms with van der Waals surface area (Å²) >= 11 is 0. The van der Waals surface area contributed by atoms with Crippen LogP contribution in [0.3, 0.4) is 0 Å². The lowest BCUT2D eigenvalue weighted by molar-refractivity contribution is -0.130. The van der Waals surface area contributed by atoms with Crippen LogP contribution in [0.2, 0.25) is 0 Å². The number of hydrogen-bond acceptors (Lipinski definition) is 3. The van der Waals surface area contributed by atoms with Crippen LogP contribution >= 0.6 is 0 Å². The monoisotopic (exact) mass is 383 g/mol. The smallest absolute Gasteiger partial charge is 0.249 e. The third-order valence-corrected chi connectivity index (χ3v) is 5.99. The summed E-state index contributed by atoms with van der Waals surface area (Å²) in [6.45, 7) is 2.37. The van der Waals surface area contributed by atoms with Crippen molar-refractivity contribution in [1.29, 1.82) is 0 Å². The van der Waals surface area contributed by atoms with E-state index in [2.05, 4.69) is 11.1 Å². The van der Waals surface area contributed by atoms with Crippen LogP contribution in [0.5, 0.6) is 0 Å². The van der Waals surface area contributed by atoms with Crippen molar-refractivity contribution in [2.24, 2.45) is 5.92 Å². The lowest BCUT2D eigenvalue weighted by atomic mass is 9.91. The molecule has 2 heterocycles. The second-order valence-electron chi connectivity index (χ2n) is 8.16. The van der Waals surface area contributed by atoms with Gasteiger partial charge in [-0.2, -0.15) is 0 Å². The molecule has 0 aromatic carbocycles. The molecule has 28 heavy (non-hydrogen) atoms. The SMILES string of the molecule is CN(CCc1ccccn1)C(=O)CC[C@@H]1CCCN(C(=O)C2=CCCCC2)C1. The van der Waals surface area contributed by atoms with Gasteiger partial charge in [0.15, 0.2) is 0 Å². The highest BCUT2D eigenvalue weighted by Gasteiger charge is 2.26. The lowest BCUT2D eigenvalue weighted by Gasteiger charge is -2.34. The quantitative estimate of drug-likeness (QED) is 0.723. The van der Waals surface area contributed by atoms with Crippen molar-refractivity contribution in [2.45, 2.75) is 57.8 Å². The minimum Gasteiger partial charge on any atom is -0.345 e. The number of likely N-dealkylation sites (N-methyl/N-ethyl adjacent to an activating group) is 1. The molecule has 152 valence electrons. The molecule has 0 spiro atoms. The molecule has 3 rings (SSSR count). The van der Waals surface area contributed by atoms with Gasteiger partial charge in [0, 0.05) is 57.0 Å². The van der Waals surface area contributed by atoms with Crippen LogP contribution in [0.25, 0.3) is 0 Å². The Labute approximate surface area is 168 Å². The molecule has 2 amide bonds. The minimum atomic E-state index is 0.189. The minimum absolute atomic E-state index is 0.189. The third kappa shape index (κ3) is 5.91. The molecule has 1 aliphatic carbocycles. The van der Waals surface area contributed by atoms with Gasteiger partial charge < -0.3 is 9.80 Å². The van der Waals surface area contributed by atoms with E-state index < -0.39 is 0 Å². The Morgan fingerprint density at radius 3 is 2.89 bits per heavy atom. The largest absolute Gasteiger partial charge is 0.345 e. The molecule has 0 radical (unpaired) electrons. The second kappa shape index (κ2) is 10.4. The van der Waals surface area contributed by atoms with Gasteiger partial charge in [0.2, 0.25) is 11.8 Å². The number of amides is 2. The Kier molecular flexibility index (Phi) is 7.63. The first-order chi connectivity index (χ1) is 13.6. The van der Waals surface area contributed by atoms with E-state index in [1.807, 2.05) is 35.0 Å². The van der Waals surface area contributed by atoms with E-state index in [4.69, 9.17) is 0 Å².